The largest absolute Gasteiger partial charge is 0.416 e. The molecule has 39 heavy (non-hydrogen) atoms. The van der Waals surface area contributed by atoms with Crippen LogP contribution in [0.3, 0.4) is 0 Å². The lowest BCUT2D eigenvalue weighted by Gasteiger charge is -2.39. The Labute approximate surface area is 223 Å². The molecule has 0 unspecified atom stereocenters. The summed E-state index contributed by atoms with van der Waals surface area (Å²) in [7, 11) is 0. The Morgan fingerprint density at radius 3 is 2.44 bits per heavy atom. The summed E-state index contributed by atoms with van der Waals surface area (Å²) < 4.78 is 79.4. The van der Waals surface area contributed by atoms with Crippen molar-refractivity contribution in [3.8, 4) is 0 Å². The predicted molar refractivity (Wildman–Crippen MR) is 134 cm³/mol. The molecule has 0 radical (unpaired) electrons. The van der Waals surface area contributed by atoms with E-state index in [9.17, 15) is 27.1 Å². The smallest absolute Gasteiger partial charge is 0.383 e. The van der Waals surface area contributed by atoms with E-state index >= 15 is 0 Å². The molecular weight excluding hydrogens is 521 g/mol. The molecule has 4 rings (SSSR count). The molecule has 210 valence electrons. The first-order valence-electron chi connectivity index (χ1n) is 12.6. The van der Waals surface area contributed by atoms with E-state index in [1.54, 1.807) is 24.3 Å². The summed E-state index contributed by atoms with van der Waals surface area (Å²) in [5.41, 5.74) is -1.56. The number of ether oxygens (including phenoxy) is 2. The number of hydrogen-bond acceptors (Lipinski definition) is 5. The van der Waals surface area contributed by atoms with E-state index in [1.165, 1.54) is 29.5 Å². The maximum absolute atomic E-state index is 14.8. The number of aromatic nitrogens is 3. The highest BCUT2D eigenvalue weighted by molar-refractivity contribution is 5.51. The van der Waals surface area contributed by atoms with Crippen LogP contribution < -0.4 is 0 Å². The third-order valence-corrected chi connectivity index (χ3v) is 6.98. The van der Waals surface area contributed by atoms with Crippen LogP contribution in [0.2, 0.25) is 0 Å². The fourth-order valence-corrected chi connectivity index (χ4v) is 4.80. The van der Waals surface area contributed by atoms with Gasteiger partial charge in [0.2, 0.25) is 0 Å². The molecule has 0 spiro atoms. The highest BCUT2D eigenvalue weighted by atomic mass is 19.4. The second kappa shape index (κ2) is 12.4. The average molecular weight is 552 g/mol. The lowest BCUT2D eigenvalue weighted by Crippen LogP contribution is -2.46. The van der Waals surface area contributed by atoms with E-state index in [2.05, 4.69) is 10.1 Å². The Kier molecular flexibility index (Phi) is 9.14. The van der Waals surface area contributed by atoms with E-state index in [-0.39, 0.29) is 30.9 Å². The monoisotopic (exact) mass is 551 g/mol. The first-order valence-corrected chi connectivity index (χ1v) is 12.6. The van der Waals surface area contributed by atoms with Crippen LogP contribution in [0, 0.1) is 11.8 Å². The van der Waals surface area contributed by atoms with Crippen LogP contribution in [0.1, 0.15) is 37.3 Å². The van der Waals surface area contributed by atoms with Gasteiger partial charge in [-0.25, -0.2) is 18.4 Å². The first kappa shape index (κ1) is 28.8. The summed E-state index contributed by atoms with van der Waals surface area (Å²) >= 11 is 0. The standard InChI is InChI=1S/C28H30F5N3O3/c1-19(27(37,16-36-18-34-17-35-36)24-11-10-23(29)13-25(24)30)12-21-14-38-26(39-15-21)5-3-2-4-20-6-8-22(9-7-20)28(31,32)33/h2-9,13,17-19,21,26,37H,10-12,14-16H2,1H3/b4-2+,5-3+/t19-,21?,26?,27+/m0/s1. The van der Waals surface area contributed by atoms with Crippen LogP contribution in [-0.2, 0) is 22.2 Å². The van der Waals surface area contributed by atoms with E-state index in [0.717, 1.165) is 18.2 Å². The third-order valence-electron chi connectivity index (χ3n) is 6.98. The molecule has 1 aliphatic heterocycles. The van der Waals surface area contributed by atoms with Gasteiger partial charge in [-0.3, -0.25) is 0 Å². The van der Waals surface area contributed by atoms with E-state index in [4.69, 9.17) is 9.47 Å². The van der Waals surface area contributed by atoms with Gasteiger partial charge in [-0.1, -0.05) is 37.3 Å². The molecule has 6 nitrogen and oxygen atoms in total. The van der Waals surface area contributed by atoms with Crippen molar-refractivity contribution in [1.29, 1.82) is 0 Å². The number of hydrogen-bond donors (Lipinski definition) is 1. The summed E-state index contributed by atoms with van der Waals surface area (Å²) in [5, 5.41) is 15.8. The summed E-state index contributed by atoms with van der Waals surface area (Å²) in [6, 6.07) is 4.83. The summed E-state index contributed by atoms with van der Waals surface area (Å²) in [5.74, 6) is -1.84. The second-order valence-electron chi connectivity index (χ2n) is 9.84. The van der Waals surface area contributed by atoms with Crippen LogP contribution >= 0.6 is 0 Å². The Hall–Kier alpha value is -3.15. The van der Waals surface area contributed by atoms with Gasteiger partial charge in [0.1, 0.15) is 29.9 Å². The van der Waals surface area contributed by atoms with Crippen molar-refractivity contribution in [2.24, 2.45) is 11.8 Å². The minimum Gasteiger partial charge on any atom is -0.383 e. The average Bonchev–Trinajstić information content (AvgIpc) is 3.40. The lowest BCUT2D eigenvalue weighted by atomic mass is 9.74. The van der Waals surface area contributed by atoms with Crippen molar-refractivity contribution < 1.29 is 36.5 Å². The van der Waals surface area contributed by atoms with Gasteiger partial charge in [-0.05, 0) is 48.1 Å². The van der Waals surface area contributed by atoms with Crippen molar-refractivity contribution in [2.45, 2.75) is 50.8 Å². The zero-order valence-electron chi connectivity index (χ0n) is 21.3. The zero-order chi connectivity index (χ0) is 28.0. The number of benzene rings is 1. The van der Waals surface area contributed by atoms with Gasteiger partial charge in [0, 0.05) is 18.4 Å². The summed E-state index contributed by atoms with van der Waals surface area (Å²) in [6.07, 6.45) is 5.87. The van der Waals surface area contributed by atoms with Crippen molar-refractivity contribution in [1.82, 2.24) is 14.8 Å². The van der Waals surface area contributed by atoms with E-state index < -0.39 is 41.2 Å². The predicted octanol–water partition coefficient (Wildman–Crippen LogP) is 6.18. The molecule has 0 bridgehead atoms. The van der Waals surface area contributed by atoms with Gasteiger partial charge < -0.3 is 14.6 Å². The Morgan fingerprint density at radius 1 is 1.10 bits per heavy atom. The SMILES string of the molecule is C[C@@H](CC1COC(/C=C/C=C/c2ccc(C(F)(F)F)cc2)OC1)[C@](O)(Cn1cncn1)C1=C(F)C=C(F)CC1. The molecule has 1 N–H and O–H groups in total. The second-order valence-corrected chi connectivity index (χ2v) is 9.84. The van der Waals surface area contributed by atoms with Gasteiger partial charge >= 0.3 is 6.18 Å². The van der Waals surface area contributed by atoms with Crippen LogP contribution in [0.5, 0.6) is 0 Å². The molecule has 0 saturated carbocycles. The number of nitrogens with zero attached hydrogens (tertiary/aromatic N) is 3. The third kappa shape index (κ3) is 7.49. The molecule has 2 atom stereocenters. The molecule has 1 aromatic heterocycles. The maximum atomic E-state index is 14.8. The highest BCUT2D eigenvalue weighted by Crippen LogP contribution is 2.40. The van der Waals surface area contributed by atoms with Crippen molar-refractivity contribution in [2.75, 3.05) is 13.2 Å². The molecule has 2 aliphatic rings. The number of rotatable bonds is 9. The number of alkyl halides is 3. The van der Waals surface area contributed by atoms with Gasteiger partial charge in [-0.15, -0.1) is 0 Å². The van der Waals surface area contributed by atoms with Crippen LogP contribution in [0.4, 0.5) is 22.0 Å². The number of halogens is 5. The van der Waals surface area contributed by atoms with Crippen molar-refractivity contribution in [3.05, 3.63) is 89.6 Å². The van der Waals surface area contributed by atoms with Gasteiger partial charge in [0.05, 0.1) is 25.3 Å². The summed E-state index contributed by atoms with van der Waals surface area (Å²) in [6.45, 7) is 2.47. The van der Waals surface area contributed by atoms with Gasteiger partial charge in [0.25, 0.3) is 0 Å². The molecule has 1 aromatic carbocycles. The van der Waals surface area contributed by atoms with Gasteiger partial charge in [0.15, 0.2) is 6.29 Å². The highest BCUT2D eigenvalue weighted by Gasteiger charge is 2.42. The van der Waals surface area contributed by atoms with Crippen LogP contribution in [0.25, 0.3) is 6.08 Å². The minimum atomic E-state index is -4.37. The lowest BCUT2D eigenvalue weighted by molar-refractivity contribution is -0.179. The Balaban J connectivity index is 1.32. The normalized spacial score (nSPS) is 23.3. The Bertz CT molecular complexity index is 1210. The fraction of sp³-hybridized carbons (Fsp3) is 0.429. The molecular formula is C28H30F5N3O3. The summed E-state index contributed by atoms with van der Waals surface area (Å²) in [4.78, 5) is 3.89. The molecule has 2 aromatic rings. The molecule has 11 heteroatoms. The van der Waals surface area contributed by atoms with Gasteiger partial charge in [-0.2, -0.15) is 18.3 Å². The fourth-order valence-electron chi connectivity index (χ4n) is 4.80. The molecule has 2 heterocycles. The Morgan fingerprint density at radius 2 is 1.82 bits per heavy atom. The van der Waals surface area contributed by atoms with E-state index in [1.807, 2.05) is 6.92 Å². The number of allylic oxidation sites excluding steroid dienone is 5. The quantitative estimate of drug-likeness (QED) is 0.298. The van der Waals surface area contributed by atoms with Crippen LogP contribution in [0.15, 0.2) is 78.5 Å². The topological polar surface area (TPSA) is 69.4 Å². The first-order chi connectivity index (χ1) is 18.5. The van der Waals surface area contributed by atoms with Crippen molar-refractivity contribution in [3.63, 3.8) is 0 Å². The maximum Gasteiger partial charge on any atom is 0.416 e. The van der Waals surface area contributed by atoms with E-state index in [0.29, 0.717) is 25.2 Å². The molecule has 1 aliphatic carbocycles. The minimum absolute atomic E-state index is 0.0200. The number of aliphatic hydroxyl groups is 1. The molecule has 1 saturated heterocycles. The van der Waals surface area contributed by atoms with Crippen LogP contribution in [-0.4, -0.2) is 45.0 Å². The zero-order valence-corrected chi connectivity index (χ0v) is 21.3. The molecule has 0 amide bonds. The van der Waals surface area contributed by atoms with Crippen molar-refractivity contribution >= 4 is 6.08 Å². The molecule has 1 fully saturated rings.